The Morgan fingerprint density at radius 1 is 0.844 bits per heavy atom. The normalized spacial score (nSPS) is 17.8. The van der Waals surface area contributed by atoms with Crippen LogP contribution in [-0.2, 0) is 4.74 Å². The van der Waals surface area contributed by atoms with Crippen molar-refractivity contribution in [1.29, 1.82) is 0 Å². The van der Waals surface area contributed by atoms with Crippen molar-refractivity contribution in [3.8, 4) is 23.0 Å². The molecule has 32 heavy (non-hydrogen) atoms. The predicted octanol–water partition coefficient (Wildman–Crippen LogP) is 3.62. The van der Waals surface area contributed by atoms with E-state index in [-0.39, 0.29) is 23.6 Å². The van der Waals surface area contributed by atoms with Gasteiger partial charge in [0.15, 0.2) is 11.5 Å². The van der Waals surface area contributed by atoms with Crippen molar-refractivity contribution in [2.75, 3.05) is 28.4 Å². The third-order valence-electron chi connectivity index (χ3n) is 5.50. The quantitative estimate of drug-likeness (QED) is 0.623. The van der Waals surface area contributed by atoms with Gasteiger partial charge in [-0.2, -0.15) is 0 Å². The lowest BCUT2D eigenvalue weighted by Gasteiger charge is -2.30. The summed E-state index contributed by atoms with van der Waals surface area (Å²) in [6.07, 6.45) is 3.15. The Labute approximate surface area is 187 Å². The molecule has 172 valence electrons. The second-order valence-corrected chi connectivity index (χ2v) is 7.50. The lowest BCUT2D eigenvalue weighted by molar-refractivity contribution is 0.0600. The van der Waals surface area contributed by atoms with Crippen LogP contribution in [0.5, 0.6) is 23.0 Å². The van der Waals surface area contributed by atoms with E-state index in [1.54, 1.807) is 20.3 Å². The van der Waals surface area contributed by atoms with Crippen molar-refractivity contribution in [2.24, 2.45) is 0 Å². The van der Waals surface area contributed by atoms with Crippen LogP contribution >= 0.6 is 0 Å². The van der Waals surface area contributed by atoms with Gasteiger partial charge in [0.25, 0.3) is 5.91 Å². The van der Waals surface area contributed by atoms with E-state index in [1.165, 1.54) is 26.4 Å². The molecule has 0 aliphatic heterocycles. The van der Waals surface area contributed by atoms with Crippen molar-refractivity contribution in [3.05, 3.63) is 47.5 Å². The lowest BCUT2D eigenvalue weighted by Crippen LogP contribution is -2.39. The third-order valence-corrected chi connectivity index (χ3v) is 5.50. The molecular formula is C24H29NO7. The van der Waals surface area contributed by atoms with Crippen LogP contribution in [0.1, 0.15) is 46.4 Å². The highest BCUT2D eigenvalue weighted by Crippen LogP contribution is 2.38. The highest BCUT2D eigenvalue weighted by molar-refractivity contribution is 5.98. The molecule has 1 saturated carbocycles. The standard InChI is InChI=1S/C24H29NO7/c1-28-19-13-15(12-16(14-19)24(27)31-4)23(26)25-17-8-10-18(11-9-17)32-21-7-5-6-20(29-2)22(21)30-3/h5-7,12-14,17-18H,8-11H2,1-4H3,(H,25,26). The first kappa shape index (κ1) is 23.2. The van der Waals surface area contributed by atoms with Crippen LogP contribution in [0.3, 0.4) is 0 Å². The molecule has 1 N–H and O–H groups in total. The van der Waals surface area contributed by atoms with Crippen molar-refractivity contribution in [2.45, 2.75) is 37.8 Å². The lowest BCUT2D eigenvalue weighted by atomic mass is 9.92. The molecule has 0 spiro atoms. The van der Waals surface area contributed by atoms with Gasteiger partial charge in [-0.05, 0) is 56.0 Å². The number of amides is 1. The molecule has 0 atom stereocenters. The molecule has 1 aliphatic rings. The number of ether oxygens (including phenoxy) is 5. The number of carbonyl (C=O) groups is 2. The topological polar surface area (TPSA) is 92.3 Å². The Morgan fingerprint density at radius 3 is 2.16 bits per heavy atom. The van der Waals surface area contributed by atoms with Crippen molar-refractivity contribution in [3.63, 3.8) is 0 Å². The van der Waals surface area contributed by atoms with E-state index in [0.717, 1.165) is 25.7 Å². The van der Waals surface area contributed by atoms with Gasteiger partial charge in [-0.3, -0.25) is 4.79 Å². The highest BCUT2D eigenvalue weighted by atomic mass is 16.5. The molecular weight excluding hydrogens is 414 g/mol. The summed E-state index contributed by atoms with van der Waals surface area (Å²) in [5.74, 6) is 1.48. The van der Waals surface area contributed by atoms with E-state index in [4.69, 9.17) is 23.7 Å². The van der Waals surface area contributed by atoms with E-state index in [9.17, 15) is 9.59 Å². The first-order valence-corrected chi connectivity index (χ1v) is 10.4. The Morgan fingerprint density at radius 2 is 1.53 bits per heavy atom. The van der Waals surface area contributed by atoms with Crippen LogP contribution in [0.15, 0.2) is 36.4 Å². The number of benzene rings is 2. The van der Waals surface area contributed by atoms with E-state index >= 15 is 0 Å². The fourth-order valence-electron chi connectivity index (χ4n) is 3.81. The molecule has 2 aromatic rings. The second kappa shape index (κ2) is 10.7. The largest absolute Gasteiger partial charge is 0.497 e. The Balaban J connectivity index is 1.60. The van der Waals surface area contributed by atoms with E-state index in [2.05, 4.69) is 5.32 Å². The SMILES string of the molecule is COC(=O)c1cc(OC)cc(C(=O)NC2CCC(Oc3cccc(OC)c3OC)CC2)c1. The second-order valence-electron chi connectivity index (χ2n) is 7.50. The minimum atomic E-state index is -0.524. The Hall–Kier alpha value is -3.42. The van der Waals surface area contributed by atoms with Gasteiger partial charge in [-0.1, -0.05) is 6.07 Å². The van der Waals surface area contributed by atoms with Crippen LogP contribution in [0, 0.1) is 0 Å². The fourth-order valence-corrected chi connectivity index (χ4v) is 3.81. The monoisotopic (exact) mass is 443 g/mol. The average molecular weight is 443 g/mol. The smallest absolute Gasteiger partial charge is 0.338 e. The highest BCUT2D eigenvalue weighted by Gasteiger charge is 2.26. The van der Waals surface area contributed by atoms with Crippen LogP contribution in [-0.4, -0.2) is 52.5 Å². The van der Waals surface area contributed by atoms with Gasteiger partial charge in [0, 0.05) is 11.6 Å². The van der Waals surface area contributed by atoms with Gasteiger partial charge in [0.05, 0.1) is 40.1 Å². The van der Waals surface area contributed by atoms with Gasteiger partial charge in [0.1, 0.15) is 5.75 Å². The van der Waals surface area contributed by atoms with Gasteiger partial charge >= 0.3 is 5.97 Å². The molecule has 0 bridgehead atoms. The van der Waals surface area contributed by atoms with Gasteiger partial charge in [-0.15, -0.1) is 0 Å². The van der Waals surface area contributed by atoms with Crippen molar-refractivity contribution < 1.29 is 33.3 Å². The zero-order valence-electron chi connectivity index (χ0n) is 18.8. The molecule has 1 amide bonds. The summed E-state index contributed by atoms with van der Waals surface area (Å²) in [6.45, 7) is 0. The van der Waals surface area contributed by atoms with Crippen LogP contribution in [0.4, 0.5) is 0 Å². The minimum absolute atomic E-state index is 0.0160. The van der Waals surface area contributed by atoms with Crippen LogP contribution in [0.2, 0.25) is 0 Å². The molecule has 1 aliphatic carbocycles. The molecule has 0 radical (unpaired) electrons. The first-order valence-electron chi connectivity index (χ1n) is 10.4. The Bertz CT molecular complexity index is 951. The summed E-state index contributed by atoms with van der Waals surface area (Å²) in [6, 6.07) is 10.2. The summed E-state index contributed by atoms with van der Waals surface area (Å²) in [7, 11) is 5.95. The number of hydrogen-bond acceptors (Lipinski definition) is 7. The number of rotatable bonds is 8. The van der Waals surface area contributed by atoms with E-state index in [1.807, 2.05) is 18.2 Å². The van der Waals surface area contributed by atoms with Gasteiger partial charge in [0.2, 0.25) is 5.75 Å². The van der Waals surface area contributed by atoms with E-state index < -0.39 is 5.97 Å². The molecule has 0 saturated heterocycles. The fraction of sp³-hybridized carbons (Fsp3) is 0.417. The number of para-hydroxylation sites is 1. The average Bonchev–Trinajstić information content (AvgIpc) is 2.84. The summed E-state index contributed by atoms with van der Waals surface area (Å²) >= 11 is 0. The molecule has 3 rings (SSSR count). The molecule has 1 fully saturated rings. The number of carbonyl (C=O) groups excluding carboxylic acids is 2. The maximum absolute atomic E-state index is 12.8. The number of hydrogen-bond donors (Lipinski definition) is 1. The van der Waals surface area contributed by atoms with Crippen molar-refractivity contribution in [1.82, 2.24) is 5.32 Å². The zero-order valence-corrected chi connectivity index (χ0v) is 18.8. The van der Waals surface area contributed by atoms with Crippen molar-refractivity contribution >= 4 is 11.9 Å². The molecule has 8 nitrogen and oxygen atoms in total. The van der Waals surface area contributed by atoms with Gasteiger partial charge < -0.3 is 29.0 Å². The zero-order chi connectivity index (χ0) is 23.1. The summed E-state index contributed by atoms with van der Waals surface area (Å²) in [5, 5.41) is 3.05. The molecule has 8 heteroatoms. The van der Waals surface area contributed by atoms with Crippen LogP contribution in [0.25, 0.3) is 0 Å². The van der Waals surface area contributed by atoms with Crippen LogP contribution < -0.4 is 24.3 Å². The third kappa shape index (κ3) is 5.43. The maximum Gasteiger partial charge on any atom is 0.338 e. The predicted molar refractivity (Wildman–Crippen MR) is 118 cm³/mol. The number of nitrogens with one attached hydrogen (secondary N) is 1. The summed E-state index contributed by atoms with van der Waals surface area (Å²) < 4.78 is 26.9. The molecule has 0 unspecified atom stereocenters. The summed E-state index contributed by atoms with van der Waals surface area (Å²) in [4.78, 5) is 24.7. The summed E-state index contributed by atoms with van der Waals surface area (Å²) in [5.41, 5.74) is 0.616. The van der Waals surface area contributed by atoms with E-state index in [0.29, 0.717) is 28.6 Å². The minimum Gasteiger partial charge on any atom is -0.497 e. The molecule has 0 heterocycles. The van der Waals surface area contributed by atoms with Gasteiger partial charge in [-0.25, -0.2) is 4.79 Å². The molecule has 0 aromatic heterocycles. The number of methoxy groups -OCH3 is 4. The maximum atomic E-state index is 12.8. The first-order chi connectivity index (χ1) is 15.5. The Kier molecular flexibility index (Phi) is 7.81. The number of esters is 1. The molecule has 2 aromatic carbocycles.